The third-order valence-electron chi connectivity index (χ3n) is 3.93. The number of ether oxygens (including phenoxy) is 2. The lowest BCUT2D eigenvalue weighted by Gasteiger charge is -2.13. The maximum absolute atomic E-state index is 5.75. The van der Waals surface area contributed by atoms with Crippen molar-refractivity contribution in [2.75, 3.05) is 13.2 Å². The van der Waals surface area contributed by atoms with Gasteiger partial charge in [0.05, 0.1) is 17.7 Å². The lowest BCUT2D eigenvalue weighted by Crippen LogP contribution is -2.20. The van der Waals surface area contributed by atoms with Gasteiger partial charge in [0.2, 0.25) is 0 Å². The summed E-state index contributed by atoms with van der Waals surface area (Å²) in [6.45, 7) is 6.93. The molecule has 0 amide bonds. The molecule has 1 heterocycles. The molecule has 1 atom stereocenters. The van der Waals surface area contributed by atoms with E-state index in [9.17, 15) is 0 Å². The predicted octanol–water partition coefficient (Wildman–Crippen LogP) is 3.50. The fraction of sp³-hybridized carbons (Fsp3) is 0.600. The summed E-state index contributed by atoms with van der Waals surface area (Å²) in [5.74, 6) is 1.70. The smallest absolute Gasteiger partial charge is 0.175 e. The van der Waals surface area contributed by atoms with Crippen LogP contribution in [-0.4, -0.2) is 19.3 Å². The summed E-state index contributed by atoms with van der Waals surface area (Å²) in [6, 6.07) is 4.85. The lowest BCUT2D eigenvalue weighted by molar-refractivity contribution is 0.296. The van der Waals surface area contributed by atoms with E-state index >= 15 is 0 Å². The Hall–Kier alpha value is -0.740. The van der Waals surface area contributed by atoms with Gasteiger partial charge >= 0.3 is 0 Å². The SMILES string of the molecule is CC1(C)CC1NCc1cc(Br)c2c(c1)OCCCO2. The largest absolute Gasteiger partial charge is 0.490 e. The summed E-state index contributed by atoms with van der Waals surface area (Å²) in [5, 5.41) is 3.60. The first-order valence-electron chi connectivity index (χ1n) is 6.88. The first kappa shape index (κ1) is 13.3. The molecule has 0 spiro atoms. The van der Waals surface area contributed by atoms with Gasteiger partial charge in [-0.05, 0) is 45.5 Å². The molecule has 2 aliphatic rings. The van der Waals surface area contributed by atoms with Crippen LogP contribution in [0.3, 0.4) is 0 Å². The first-order chi connectivity index (χ1) is 9.06. The fourth-order valence-electron chi connectivity index (χ4n) is 2.44. The van der Waals surface area contributed by atoms with Gasteiger partial charge in [0.1, 0.15) is 0 Å². The molecule has 1 unspecified atom stereocenters. The predicted molar refractivity (Wildman–Crippen MR) is 78.8 cm³/mol. The highest BCUT2D eigenvalue weighted by Gasteiger charge is 2.44. The number of rotatable bonds is 3. The molecule has 104 valence electrons. The van der Waals surface area contributed by atoms with Crippen LogP contribution in [0.1, 0.15) is 32.3 Å². The minimum Gasteiger partial charge on any atom is -0.490 e. The molecule has 3 rings (SSSR count). The highest BCUT2D eigenvalue weighted by atomic mass is 79.9. The molecule has 1 aromatic carbocycles. The molecule has 0 saturated heterocycles. The minimum atomic E-state index is 0.461. The molecular weight excluding hydrogens is 306 g/mol. The number of fused-ring (bicyclic) bond motifs is 1. The van der Waals surface area contributed by atoms with Gasteiger partial charge in [0.15, 0.2) is 11.5 Å². The molecule has 0 aromatic heterocycles. The maximum Gasteiger partial charge on any atom is 0.175 e. The Bertz CT molecular complexity index is 487. The molecule has 1 saturated carbocycles. The molecule has 1 aliphatic carbocycles. The van der Waals surface area contributed by atoms with Gasteiger partial charge in [-0.25, -0.2) is 0 Å². The average Bonchev–Trinajstić information content (AvgIpc) is 3.03. The second-order valence-electron chi connectivity index (χ2n) is 6.08. The van der Waals surface area contributed by atoms with E-state index in [1.54, 1.807) is 0 Å². The number of benzene rings is 1. The van der Waals surface area contributed by atoms with Crippen LogP contribution in [0.15, 0.2) is 16.6 Å². The highest BCUT2D eigenvalue weighted by Crippen LogP contribution is 2.45. The van der Waals surface area contributed by atoms with E-state index in [-0.39, 0.29) is 0 Å². The quantitative estimate of drug-likeness (QED) is 0.922. The summed E-state index contributed by atoms with van der Waals surface area (Å²) in [5.41, 5.74) is 1.70. The van der Waals surface area contributed by atoms with Crippen LogP contribution in [-0.2, 0) is 6.54 Å². The normalized spacial score (nSPS) is 23.8. The van der Waals surface area contributed by atoms with Crippen LogP contribution >= 0.6 is 15.9 Å². The third-order valence-corrected chi connectivity index (χ3v) is 4.52. The van der Waals surface area contributed by atoms with Crippen molar-refractivity contribution in [1.29, 1.82) is 0 Å². The van der Waals surface area contributed by atoms with Crippen molar-refractivity contribution in [2.24, 2.45) is 5.41 Å². The van der Waals surface area contributed by atoms with Gasteiger partial charge < -0.3 is 14.8 Å². The Morgan fingerprint density at radius 1 is 1.32 bits per heavy atom. The summed E-state index contributed by atoms with van der Waals surface area (Å²) >= 11 is 3.58. The molecule has 4 heteroatoms. The van der Waals surface area contributed by atoms with Crippen LogP contribution in [0.4, 0.5) is 0 Å². The van der Waals surface area contributed by atoms with Gasteiger partial charge in [-0.2, -0.15) is 0 Å². The molecule has 1 N–H and O–H groups in total. The summed E-state index contributed by atoms with van der Waals surface area (Å²) < 4.78 is 12.4. The molecule has 3 nitrogen and oxygen atoms in total. The molecule has 0 bridgehead atoms. The second kappa shape index (κ2) is 4.98. The molecule has 1 aliphatic heterocycles. The highest BCUT2D eigenvalue weighted by molar-refractivity contribution is 9.10. The Morgan fingerprint density at radius 3 is 2.79 bits per heavy atom. The topological polar surface area (TPSA) is 30.5 Å². The van der Waals surface area contributed by atoms with Gasteiger partial charge in [-0.3, -0.25) is 0 Å². The van der Waals surface area contributed by atoms with E-state index in [4.69, 9.17) is 9.47 Å². The number of hydrogen-bond donors (Lipinski definition) is 1. The zero-order chi connectivity index (χ0) is 13.5. The minimum absolute atomic E-state index is 0.461. The summed E-state index contributed by atoms with van der Waals surface area (Å²) in [4.78, 5) is 0. The van der Waals surface area contributed by atoms with Gasteiger partial charge in [-0.15, -0.1) is 0 Å². The van der Waals surface area contributed by atoms with Crippen LogP contribution in [0.2, 0.25) is 0 Å². The van der Waals surface area contributed by atoms with Crippen LogP contribution in [0.25, 0.3) is 0 Å². The Balaban J connectivity index is 1.72. The van der Waals surface area contributed by atoms with Crippen molar-refractivity contribution in [3.63, 3.8) is 0 Å². The summed E-state index contributed by atoms with van der Waals surface area (Å²) in [7, 11) is 0. The number of nitrogens with one attached hydrogen (secondary N) is 1. The van der Waals surface area contributed by atoms with E-state index in [0.29, 0.717) is 11.5 Å². The van der Waals surface area contributed by atoms with E-state index in [1.165, 1.54) is 12.0 Å². The lowest BCUT2D eigenvalue weighted by atomic mass is 10.1. The fourth-order valence-corrected chi connectivity index (χ4v) is 3.05. The van der Waals surface area contributed by atoms with Crippen LogP contribution in [0, 0.1) is 5.41 Å². The van der Waals surface area contributed by atoms with Crippen LogP contribution < -0.4 is 14.8 Å². The maximum atomic E-state index is 5.75. The van der Waals surface area contributed by atoms with Crippen molar-refractivity contribution in [2.45, 2.75) is 39.3 Å². The standard InChI is InChI=1S/C15H20BrNO2/c1-15(2)8-13(15)17-9-10-6-11(16)14-12(7-10)18-4-3-5-19-14/h6-7,13,17H,3-5,8-9H2,1-2H3. The van der Waals surface area contributed by atoms with E-state index in [2.05, 4.69) is 47.2 Å². The van der Waals surface area contributed by atoms with Crippen molar-refractivity contribution in [3.05, 3.63) is 22.2 Å². The van der Waals surface area contributed by atoms with E-state index < -0.39 is 0 Å². The molecule has 19 heavy (non-hydrogen) atoms. The zero-order valence-electron chi connectivity index (χ0n) is 11.5. The molecule has 1 aromatic rings. The Morgan fingerprint density at radius 2 is 2.05 bits per heavy atom. The Labute approximate surface area is 122 Å². The molecular formula is C15H20BrNO2. The first-order valence-corrected chi connectivity index (χ1v) is 7.67. The van der Waals surface area contributed by atoms with Crippen molar-refractivity contribution >= 4 is 15.9 Å². The Kier molecular flexibility index (Phi) is 3.48. The number of hydrogen-bond acceptors (Lipinski definition) is 3. The van der Waals surface area contributed by atoms with Crippen molar-refractivity contribution in [3.8, 4) is 11.5 Å². The third kappa shape index (κ3) is 2.90. The van der Waals surface area contributed by atoms with E-state index in [0.717, 1.165) is 42.2 Å². The monoisotopic (exact) mass is 325 g/mol. The van der Waals surface area contributed by atoms with E-state index in [1.807, 2.05) is 0 Å². The van der Waals surface area contributed by atoms with Gasteiger partial charge in [0, 0.05) is 19.0 Å². The summed E-state index contributed by atoms with van der Waals surface area (Å²) in [6.07, 6.45) is 2.20. The van der Waals surface area contributed by atoms with Crippen LogP contribution in [0.5, 0.6) is 11.5 Å². The molecule has 1 fully saturated rings. The van der Waals surface area contributed by atoms with Gasteiger partial charge in [-0.1, -0.05) is 13.8 Å². The number of halogens is 1. The average molecular weight is 326 g/mol. The van der Waals surface area contributed by atoms with Crippen molar-refractivity contribution in [1.82, 2.24) is 5.32 Å². The van der Waals surface area contributed by atoms with Crippen molar-refractivity contribution < 1.29 is 9.47 Å². The zero-order valence-corrected chi connectivity index (χ0v) is 13.0. The molecule has 0 radical (unpaired) electrons. The van der Waals surface area contributed by atoms with Gasteiger partial charge in [0.25, 0.3) is 0 Å². The second-order valence-corrected chi connectivity index (χ2v) is 6.94.